The molecule has 2 aromatic rings. The smallest absolute Gasteiger partial charge is 0.307 e. The first-order valence-electron chi connectivity index (χ1n) is 8.18. The van der Waals surface area contributed by atoms with Crippen LogP contribution in [0.3, 0.4) is 0 Å². The van der Waals surface area contributed by atoms with Gasteiger partial charge in [-0.2, -0.15) is 0 Å². The average molecular weight is 454 g/mol. The largest absolute Gasteiger partial charge is 0.456 e. The number of nitrogens with one attached hydrogen (secondary N) is 1. The van der Waals surface area contributed by atoms with E-state index in [-0.39, 0.29) is 17.1 Å². The van der Waals surface area contributed by atoms with Gasteiger partial charge in [0.25, 0.3) is 5.91 Å². The summed E-state index contributed by atoms with van der Waals surface area (Å²) >= 11 is 3.34. The second-order valence-electron chi connectivity index (χ2n) is 6.07. The molecule has 27 heavy (non-hydrogen) atoms. The highest BCUT2D eigenvalue weighted by atomic mass is 79.9. The van der Waals surface area contributed by atoms with E-state index in [1.54, 1.807) is 18.2 Å². The lowest BCUT2D eigenvalue weighted by atomic mass is 10.2. The van der Waals surface area contributed by atoms with Gasteiger partial charge in [-0.3, -0.25) is 9.59 Å². The predicted molar refractivity (Wildman–Crippen MR) is 106 cm³/mol. The molecule has 0 atom stereocenters. The molecule has 1 amide bonds. The Morgan fingerprint density at radius 3 is 2.30 bits per heavy atom. The number of hydrogen-bond acceptors (Lipinski definition) is 5. The second-order valence-corrected chi connectivity index (χ2v) is 9.04. The van der Waals surface area contributed by atoms with E-state index in [0.717, 1.165) is 11.1 Å². The van der Waals surface area contributed by atoms with Gasteiger partial charge in [-0.15, -0.1) is 0 Å². The summed E-state index contributed by atoms with van der Waals surface area (Å²) in [5.41, 5.74) is 2.53. The molecule has 2 aromatic carbocycles. The van der Waals surface area contributed by atoms with E-state index in [4.69, 9.17) is 4.74 Å². The lowest BCUT2D eigenvalue weighted by Crippen LogP contribution is -2.22. The van der Waals surface area contributed by atoms with Crippen LogP contribution >= 0.6 is 15.9 Å². The first-order chi connectivity index (χ1) is 12.7. The molecule has 6 nitrogen and oxygen atoms in total. The van der Waals surface area contributed by atoms with Crippen LogP contribution in [0.1, 0.15) is 17.5 Å². The highest BCUT2D eigenvalue weighted by Crippen LogP contribution is 2.23. The number of benzene rings is 2. The highest BCUT2D eigenvalue weighted by Gasteiger charge is 2.17. The number of aryl methyl sites for hydroxylation is 2. The number of ether oxygens (including phenoxy) is 1. The Morgan fingerprint density at radius 2 is 1.67 bits per heavy atom. The maximum Gasteiger partial charge on any atom is 0.307 e. The molecule has 0 saturated carbocycles. The van der Waals surface area contributed by atoms with E-state index in [2.05, 4.69) is 21.2 Å². The number of carbonyl (C=O) groups is 2. The topological polar surface area (TPSA) is 89.5 Å². The van der Waals surface area contributed by atoms with Gasteiger partial charge in [-0.25, -0.2) is 8.42 Å². The van der Waals surface area contributed by atoms with Gasteiger partial charge in [0.2, 0.25) is 0 Å². The number of hydrogen-bond donors (Lipinski definition) is 1. The predicted octanol–water partition coefficient (Wildman–Crippen LogP) is 3.41. The molecule has 0 saturated heterocycles. The van der Waals surface area contributed by atoms with Gasteiger partial charge in [0.15, 0.2) is 16.4 Å². The second kappa shape index (κ2) is 9.14. The zero-order chi connectivity index (χ0) is 20.0. The fourth-order valence-corrected chi connectivity index (χ4v) is 4.02. The Balaban J connectivity index is 1.81. The van der Waals surface area contributed by atoms with Crippen molar-refractivity contribution >= 4 is 43.3 Å². The van der Waals surface area contributed by atoms with E-state index in [0.29, 0.717) is 10.2 Å². The zero-order valence-electron chi connectivity index (χ0n) is 15.0. The van der Waals surface area contributed by atoms with E-state index in [9.17, 15) is 18.0 Å². The highest BCUT2D eigenvalue weighted by molar-refractivity contribution is 9.10. The van der Waals surface area contributed by atoms with Crippen molar-refractivity contribution < 1.29 is 22.7 Å². The van der Waals surface area contributed by atoms with Gasteiger partial charge in [0.05, 0.1) is 22.8 Å². The maximum absolute atomic E-state index is 12.2. The van der Waals surface area contributed by atoms with Gasteiger partial charge in [-0.1, -0.05) is 23.8 Å². The molecule has 0 spiro atoms. The Morgan fingerprint density at radius 1 is 1.04 bits per heavy atom. The number of amides is 1. The number of esters is 1. The minimum absolute atomic E-state index is 0.155. The SMILES string of the molecule is Cc1ccc(S(=O)(=O)CCC(=O)OCC(=O)Nc2ccc(C)cc2Br)cc1. The molecule has 0 fully saturated rings. The molecule has 0 heterocycles. The molecule has 0 bridgehead atoms. The number of sulfone groups is 1. The van der Waals surface area contributed by atoms with Crippen molar-refractivity contribution in [1.82, 2.24) is 0 Å². The Hall–Kier alpha value is -2.19. The van der Waals surface area contributed by atoms with Crippen LogP contribution in [0, 0.1) is 13.8 Å². The van der Waals surface area contributed by atoms with Gasteiger partial charge in [0.1, 0.15) is 0 Å². The monoisotopic (exact) mass is 453 g/mol. The fourth-order valence-electron chi connectivity index (χ4n) is 2.21. The van der Waals surface area contributed by atoms with Crippen molar-refractivity contribution in [2.45, 2.75) is 25.2 Å². The number of rotatable bonds is 7. The molecule has 144 valence electrons. The number of halogens is 1. The zero-order valence-corrected chi connectivity index (χ0v) is 17.4. The van der Waals surface area contributed by atoms with Crippen molar-refractivity contribution in [2.75, 3.05) is 17.7 Å². The van der Waals surface area contributed by atoms with Crippen molar-refractivity contribution in [2.24, 2.45) is 0 Å². The van der Waals surface area contributed by atoms with Crippen molar-refractivity contribution in [1.29, 1.82) is 0 Å². The van der Waals surface area contributed by atoms with Crippen LogP contribution in [-0.2, 0) is 24.2 Å². The summed E-state index contributed by atoms with van der Waals surface area (Å²) < 4.78 is 30.0. The quantitative estimate of drug-likeness (QED) is 0.648. The molecule has 8 heteroatoms. The Kier molecular flexibility index (Phi) is 7.15. The molecule has 0 radical (unpaired) electrons. The van der Waals surface area contributed by atoms with Crippen LogP contribution in [-0.4, -0.2) is 32.7 Å². The summed E-state index contributed by atoms with van der Waals surface area (Å²) in [6.45, 7) is 3.29. The lowest BCUT2D eigenvalue weighted by Gasteiger charge is -2.09. The summed E-state index contributed by atoms with van der Waals surface area (Å²) in [7, 11) is -3.58. The van der Waals surface area contributed by atoms with Crippen LogP contribution in [0.15, 0.2) is 51.8 Å². The fraction of sp³-hybridized carbons (Fsp3) is 0.263. The van der Waals surface area contributed by atoms with Crippen LogP contribution in [0.4, 0.5) is 5.69 Å². The maximum atomic E-state index is 12.2. The van der Waals surface area contributed by atoms with Crippen molar-refractivity contribution in [3.63, 3.8) is 0 Å². The van der Waals surface area contributed by atoms with E-state index in [1.807, 2.05) is 26.0 Å². The summed E-state index contributed by atoms with van der Waals surface area (Å²) in [5, 5.41) is 2.61. The molecular formula is C19H20BrNO5S. The molecule has 0 aromatic heterocycles. The minimum Gasteiger partial charge on any atom is -0.456 e. The van der Waals surface area contributed by atoms with Crippen LogP contribution < -0.4 is 5.32 Å². The Labute approximate surface area is 167 Å². The third-order valence-electron chi connectivity index (χ3n) is 3.72. The normalized spacial score (nSPS) is 11.1. The third kappa shape index (κ3) is 6.48. The molecular weight excluding hydrogens is 434 g/mol. The number of anilines is 1. The Bertz CT molecular complexity index is 939. The molecule has 1 N–H and O–H groups in total. The first-order valence-corrected chi connectivity index (χ1v) is 10.6. The van der Waals surface area contributed by atoms with Gasteiger partial charge >= 0.3 is 5.97 Å². The van der Waals surface area contributed by atoms with Gasteiger partial charge in [-0.05, 0) is 59.6 Å². The van der Waals surface area contributed by atoms with Gasteiger partial charge in [0, 0.05) is 4.47 Å². The standard InChI is InChI=1S/C19H20BrNO5S/c1-13-3-6-15(7-4-13)27(24,25)10-9-19(23)26-12-18(22)21-17-8-5-14(2)11-16(17)20/h3-8,11H,9-10,12H2,1-2H3,(H,21,22). The van der Waals surface area contributed by atoms with E-state index >= 15 is 0 Å². The van der Waals surface area contributed by atoms with Crippen LogP contribution in [0.2, 0.25) is 0 Å². The van der Waals surface area contributed by atoms with Crippen molar-refractivity contribution in [3.05, 3.63) is 58.1 Å². The molecule has 0 unspecified atom stereocenters. The average Bonchev–Trinajstić information content (AvgIpc) is 2.61. The minimum atomic E-state index is -3.58. The van der Waals surface area contributed by atoms with Crippen LogP contribution in [0.5, 0.6) is 0 Å². The number of carbonyl (C=O) groups excluding carboxylic acids is 2. The molecule has 2 rings (SSSR count). The molecule has 0 aliphatic carbocycles. The van der Waals surface area contributed by atoms with E-state index < -0.39 is 28.3 Å². The van der Waals surface area contributed by atoms with E-state index in [1.165, 1.54) is 12.1 Å². The first kappa shape index (κ1) is 21.1. The summed E-state index contributed by atoms with van der Waals surface area (Å²) in [6.07, 6.45) is -0.322. The van der Waals surface area contributed by atoms with Crippen LogP contribution in [0.25, 0.3) is 0 Å². The van der Waals surface area contributed by atoms with Crippen molar-refractivity contribution in [3.8, 4) is 0 Å². The summed E-state index contributed by atoms with van der Waals surface area (Å²) in [6, 6.07) is 11.8. The molecule has 0 aliphatic rings. The van der Waals surface area contributed by atoms with Gasteiger partial charge < -0.3 is 10.1 Å². The summed E-state index contributed by atoms with van der Waals surface area (Å²) in [4.78, 5) is 23.8. The lowest BCUT2D eigenvalue weighted by molar-refractivity contribution is -0.146. The summed E-state index contributed by atoms with van der Waals surface area (Å²) in [5.74, 6) is -1.63. The third-order valence-corrected chi connectivity index (χ3v) is 6.11. The molecule has 0 aliphatic heterocycles.